The third-order valence-corrected chi connectivity index (χ3v) is 3.74. The molecule has 0 saturated carbocycles. The molecule has 0 radical (unpaired) electrons. The topological polar surface area (TPSA) is 109 Å². The number of rotatable bonds is 7. The van der Waals surface area contributed by atoms with Crippen LogP contribution in [0.15, 0.2) is 34.4 Å². The van der Waals surface area contributed by atoms with Crippen molar-refractivity contribution >= 4 is 16.0 Å². The minimum absolute atomic E-state index is 0.140. The predicted molar refractivity (Wildman–Crippen MR) is 78.8 cm³/mol. The van der Waals surface area contributed by atoms with Gasteiger partial charge in [0.05, 0.1) is 0 Å². The van der Waals surface area contributed by atoms with Gasteiger partial charge in [-0.25, -0.2) is 13.1 Å². The average Bonchev–Trinajstić information content (AvgIpc) is 2.42. The molecule has 0 unspecified atom stereocenters. The van der Waals surface area contributed by atoms with Gasteiger partial charge in [0.25, 0.3) is 0 Å². The zero-order valence-corrected chi connectivity index (χ0v) is 12.5. The van der Waals surface area contributed by atoms with Gasteiger partial charge in [-0.2, -0.15) is 0 Å². The van der Waals surface area contributed by atoms with E-state index in [4.69, 9.17) is 5.73 Å². The number of nitrogens with zero attached hydrogens (tertiary/aromatic N) is 2. The Morgan fingerprint density at radius 3 is 2.80 bits per heavy atom. The van der Waals surface area contributed by atoms with Crippen LogP contribution < -0.4 is 15.8 Å². The number of nitrogens with one attached hydrogen (secondary N) is 2. The van der Waals surface area contributed by atoms with Crippen LogP contribution in [-0.2, 0) is 10.0 Å². The highest BCUT2D eigenvalue weighted by atomic mass is 32.2. The maximum atomic E-state index is 11.9. The van der Waals surface area contributed by atoms with E-state index in [2.05, 4.69) is 20.0 Å². The maximum Gasteiger partial charge on any atom is 0.242 e. The van der Waals surface area contributed by atoms with E-state index in [-0.39, 0.29) is 11.4 Å². The fourth-order valence-electron chi connectivity index (χ4n) is 1.30. The number of aromatic nitrogens is 1. The molecule has 0 bridgehead atoms. The van der Waals surface area contributed by atoms with Crippen LogP contribution in [0, 0.1) is 5.92 Å². The third-order valence-electron chi connectivity index (χ3n) is 2.29. The van der Waals surface area contributed by atoms with Crippen molar-refractivity contribution in [2.45, 2.75) is 18.7 Å². The maximum absolute atomic E-state index is 11.9. The number of guanidine groups is 1. The second-order valence-corrected chi connectivity index (χ2v) is 6.40. The molecular weight excluding hydrogens is 278 g/mol. The summed E-state index contributed by atoms with van der Waals surface area (Å²) in [5.41, 5.74) is 5.63. The largest absolute Gasteiger partial charge is 0.370 e. The SMILES string of the molecule is CC(C)CN=C(N)NCCNS(=O)(=O)c1cccnc1. The summed E-state index contributed by atoms with van der Waals surface area (Å²) in [5.74, 6) is 0.749. The first-order chi connectivity index (χ1) is 9.42. The lowest BCUT2D eigenvalue weighted by molar-refractivity contribution is 0.580. The van der Waals surface area contributed by atoms with Crippen LogP contribution in [0.25, 0.3) is 0 Å². The molecule has 0 atom stereocenters. The van der Waals surface area contributed by atoms with Gasteiger partial charge in [-0.05, 0) is 18.1 Å². The molecule has 0 saturated heterocycles. The molecule has 4 N–H and O–H groups in total. The van der Waals surface area contributed by atoms with Crippen molar-refractivity contribution in [2.24, 2.45) is 16.6 Å². The summed E-state index contributed by atoms with van der Waals surface area (Å²) in [6, 6.07) is 3.06. The van der Waals surface area contributed by atoms with Gasteiger partial charge in [-0.1, -0.05) is 13.8 Å². The first kappa shape index (κ1) is 16.4. The number of hydrogen-bond donors (Lipinski definition) is 3. The van der Waals surface area contributed by atoms with Crippen molar-refractivity contribution in [2.75, 3.05) is 19.6 Å². The normalized spacial score (nSPS) is 12.7. The van der Waals surface area contributed by atoms with Crippen molar-refractivity contribution in [3.63, 3.8) is 0 Å². The fraction of sp³-hybridized carbons (Fsp3) is 0.500. The first-order valence-corrected chi connectivity index (χ1v) is 7.83. The molecule has 0 fully saturated rings. The highest BCUT2D eigenvalue weighted by molar-refractivity contribution is 7.89. The molecule has 0 spiro atoms. The quantitative estimate of drug-likeness (QED) is 0.371. The molecule has 0 aliphatic carbocycles. The van der Waals surface area contributed by atoms with Gasteiger partial charge in [0.2, 0.25) is 10.0 Å². The summed E-state index contributed by atoms with van der Waals surface area (Å²) in [7, 11) is -3.52. The van der Waals surface area contributed by atoms with Crippen molar-refractivity contribution in [1.29, 1.82) is 0 Å². The molecule has 1 aromatic rings. The number of sulfonamides is 1. The molecule has 1 aromatic heterocycles. The summed E-state index contributed by atoms with van der Waals surface area (Å²) < 4.78 is 26.2. The van der Waals surface area contributed by atoms with Gasteiger partial charge in [-0.3, -0.25) is 9.98 Å². The molecule has 0 aliphatic heterocycles. The lowest BCUT2D eigenvalue weighted by atomic mass is 10.2. The number of pyridine rings is 1. The molecule has 0 amide bonds. The monoisotopic (exact) mass is 299 g/mol. The van der Waals surface area contributed by atoms with Crippen LogP contribution in [0.2, 0.25) is 0 Å². The minimum atomic E-state index is -3.52. The van der Waals surface area contributed by atoms with Crippen LogP contribution in [-0.4, -0.2) is 39.0 Å². The number of nitrogens with two attached hydrogens (primary N) is 1. The Balaban J connectivity index is 2.36. The highest BCUT2D eigenvalue weighted by Gasteiger charge is 2.12. The standard InChI is InChI=1S/C12H21N5O2S/c1-10(2)8-16-12(13)15-6-7-17-20(18,19)11-4-3-5-14-9-11/h3-5,9-10,17H,6-8H2,1-2H3,(H3,13,15,16). The van der Waals surface area contributed by atoms with E-state index in [0.29, 0.717) is 25.0 Å². The Morgan fingerprint density at radius 1 is 1.45 bits per heavy atom. The minimum Gasteiger partial charge on any atom is -0.370 e. The molecule has 1 rings (SSSR count). The van der Waals surface area contributed by atoms with Crippen molar-refractivity contribution in [1.82, 2.24) is 15.0 Å². The van der Waals surface area contributed by atoms with Crippen molar-refractivity contribution in [3.05, 3.63) is 24.5 Å². The average molecular weight is 299 g/mol. The van der Waals surface area contributed by atoms with Gasteiger partial charge in [0.1, 0.15) is 4.90 Å². The summed E-state index contributed by atoms with van der Waals surface area (Å²) in [5, 5.41) is 2.85. The van der Waals surface area contributed by atoms with Crippen LogP contribution >= 0.6 is 0 Å². The van der Waals surface area contributed by atoms with Crippen LogP contribution in [0.5, 0.6) is 0 Å². The zero-order chi connectivity index (χ0) is 15.0. The van der Waals surface area contributed by atoms with Crippen LogP contribution in [0.3, 0.4) is 0 Å². The summed E-state index contributed by atoms with van der Waals surface area (Å²) in [4.78, 5) is 8.03. The van der Waals surface area contributed by atoms with Crippen LogP contribution in [0.4, 0.5) is 0 Å². The van der Waals surface area contributed by atoms with Gasteiger partial charge in [0, 0.05) is 32.0 Å². The molecular formula is C12H21N5O2S. The summed E-state index contributed by atoms with van der Waals surface area (Å²) in [6.45, 7) is 5.31. The molecule has 0 aliphatic rings. The van der Waals surface area contributed by atoms with E-state index in [1.165, 1.54) is 18.5 Å². The fourth-order valence-corrected chi connectivity index (χ4v) is 2.30. The smallest absolute Gasteiger partial charge is 0.242 e. The van der Waals surface area contributed by atoms with Crippen LogP contribution in [0.1, 0.15) is 13.8 Å². The third kappa shape index (κ3) is 5.98. The molecule has 20 heavy (non-hydrogen) atoms. The Hall–Kier alpha value is -1.67. The van der Waals surface area contributed by atoms with E-state index >= 15 is 0 Å². The zero-order valence-electron chi connectivity index (χ0n) is 11.7. The van der Waals surface area contributed by atoms with Crippen molar-refractivity contribution < 1.29 is 8.42 Å². The van der Waals surface area contributed by atoms with E-state index < -0.39 is 10.0 Å². The highest BCUT2D eigenvalue weighted by Crippen LogP contribution is 2.04. The second-order valence-electron chi connectivity index (χ2n) is 4.63. The van der Waals surface area contributed by atoms with Crippen molar-refractivity contribution in [3.8, 4) is 0 Å². The van der Waals surface area contributed by atoms with Gasteiger partial charge < -0.3 is 11.1 Å². The Morgan fingerprint density at radius 2 is 2.20 bits per heavy atom. The summed E-state index contributed by atoms with van der Waals surface area (Å²) >= 11 is 0. The van der Waals surface area contributed by atoms with Gasteiger partial charge in [0.15, 0.2) is 5.96 Å². The molecule has 0 aromatic carbocycles. The van der Waals surface area contributed by atoms with E-state index in [9.17, 15) is 8.42 Å². The molecule has 112 valence electrons. The lowest BCUT2D eigenvalue weighted by Crippen LogP contribution is -2.38. The first-order valence-electron chi connectivity index (χ1n) is 6.35. The van der Waals surface area contributed by atoms with Gasteiger partial charge >= 0.3 is 0 Å². The Bertz CT molecular complexity index is 528. The predicted octanol–water partition coefficient (Wildman–Crippen LogP) is -0.0798. The molecule has 7 nitrogen and oxygen atoms in total. The number of hydrogen-bond acceptors (Lipinski definition) is 4. The second kappa shape index (κ2) is 7.81. The molecule has 8 heteroatoms. The summed E-state index contributed by atoms with van der Waals surface area (Å²) in [6.07, 6.45) is 2.82. The molecule has 1 heterocycles. The number of aliphatic imine (C=N–C) groups is 1. The van der Waals surface area contributed by atoms with E-state index in [0.717, 1.165) is 0 Å². The van der Waals surface area contributed by atoms with Gasteiger partial charge in [-0.15, -0.1) is 0 Å². The van der Waals surface area contributed by atoms with E-state index in [1.54, 1.807) is 6.07 Å². The Labute approximate surface area is 119 Å². The van der Waals surface area contributed by atoms with E-state index in [1.807, 2.05) is 13.8 Å². The lowest BCUT2D eigenvalue weighted by Gasteiger charge is -2.08. The Kier molecular flexibility index (Phi) is 6.40.